The zero-order chi connectivity index (χ0) is 21.2. The SMILES string of the molecule is COc1ccc(Br)cc1CN1CCN(Cc2ccccn2)CC1.O=C(O)C(=O)O. The van der Waals surface area contributed by atoms with Gasteiger partial charge in [-0.3, -0.25) is 14.8 Å². The van der Waals surface area contributed by atoms with E-state index in [9.17, 15) is 0 Å². The number of carbonyl (C=O) groups is 2. The van der Waals surface area contributed by atoms with Gasteiger partial charge in [-0.1, -0.05) is 22.0 Å². The molecule has 0 unspecified atom stereocenters. The molecule has 0 saturated carbocycles. The maximum absolute atomic E-state index is 9.10. The van der Waals surface area contributed by atoms with Gasteiger partial charge in [0.25, 0.3) is 0 Å². The molecule has 3 rings (SSSR count). The Morgan fingerprint density at radius 2 is 1.66 bits per heavy atom. The van der Waals surface area contributed by atoms with Crippen LogP contribution in [0.5, 0.6) is 5.75 Å². The predicted molar refractivity (Wildman–Crippen MR) is 111 cm³/mol. The molecule has 1 fully saturated rings. The highest BCUT2D eigenvalue weighted by molar-refractivity contribution is 9.10. The molecule has 0 radical (unpaired) electrons. The van der Waals surface area contributed by atoms with Crippen molar-refractivity contribution in [2.45, 2.75) is 13.1 Å². The van der Waals surface area contributed by atoms with Crippen LogP contribution in [0, 0.1) is 0 Å². The monoisotopic (exact) mass is 465 g/mol. The van der Waals surface area contributed by atoms with Crippen molar-refractivity contribution < 1.29 is 24.5 Å². The second kappa shape index (κ2) is 11.5. The van der Waals surface area contributed by atoms with Crippen molar-refractivity contribution in [3.63, 3.8) is 0 Å². The first-order valence-electron chi connectivity index (χ1n) is 9.02. The first kappa shape index (κ1) is 22.8. The van der Waals surface area contributed by atoms with Crippen molar-refractivity contribution in [1.29, 1.82) is 0 Å². The smallest absolute Gasteiger partial charge is 0.414 e. The van der Waals surface area contributed by atoms with Gasteiger partial charge in [0.05, 0.1) is 12.8 Å². The van der Waals surface area contributed by atoms with Gasteiger partial charge in [-0.25, -0.2) is 9.59 Å². The summed E-state index contributed by atoms with van der Waals surface area (Å²) in [4.78, 5) is 27.6. The summed E-state index contributed by atoms with van der Waals surface area (Å²) in [6.07, 6.45) is 1.87. The van der Waals surface area contributed by atoms with Crippen molar-refractivity contribution in [3.05, 3.63) is 58.3 Å². The number of aliphatic carboxylic acids is 2. The third kappa shape index (κ3) is 7.80. The Bertz CT molecular complexity index is 799. The number of methoxy groups -OCH3 is 1. The highest BCUT2D eigenvalue weighted by atomic mass is 79.9. The van der Waals surface area contributed by atoms with Crippen molar-refractivity contribution in [2.24, 2.45) is 0 Å². The van der Waals surface area contributed by atoms with Crippen LogP contribution in [-0.2, 0) is 22.7 Å². The van der Waals surface area contributed by atoms with E-state index in [0.717, 1.165) is 55.2 Å². The first-order chi connectivity index (χ1) is 13.9. The molecular formula is C20H24BrN3O5. The number of carboxylic acid groups (broad SMARTS) is 2. The highest BCUT2D eigenvalue weighted by Gasteiger charge is 2.18. The van der Waals surface area contributed by atoms with E-state index >= 15 is 0 Å². The molecule has 0 spiro atoms. The molecule has 1 aliphatic heterocycles. The molecule has 2 N–H and O–H groups in total. The summed E-state index contributed by atoms with van der Waals surface area (Å²) >= 11 is 3.55. The van der Waals surface area contributed by atoms with Gasteiger partial charge in [0.2, 0.25) is 0 Å². The van der Waals surface area contributed by atoms with Crippen molar-refractivity contribution in [1.82, 2.24) is 14.8 Å². The zero-order valence-electron chi connectivity index (χ0n) is 16.1. The molecule has 1 aromatic carbocycles. The molecule has 2 heterocycles. The third-order valence-electron chi connectivity index (χ3n) is 4.40. The summed E-state index contributed by atoms with van der Waals surface area (Å²) in [5, 5.41) is 14.8. The lowest BCUT2D eigenvalue weighted by Crippen LogP contribution is -2.45. The minimum atomic E-state index is -1.82. The number of aromatic nitrogens is 1. The molecule has 0 aliphatic carbocycles. The van der Waals surface area contributed by atoms with Gasteiger partial charge >= 0.3 is 11.9 Å². The average Bonchev–Trinajstić information content (AvgIpc) is 2.71. The van der Waals surface area contributed by atoms with E-state index < -0.39 is 11.9 Å². The standard InChI is InChI=1S/C18H22BrN3O.C2H2O4/c1-23-18-6-5-16(19)12-15(18)13-21-8-10-22(11-9-21)14-17-4-2-3-7-20-17;3-1(4)2(5)6/h2-7,12H,8-11,13-14H2,1H3;(H,3,4)(H,5,6). The molecule has 29 heavy (non-hydrogen) atoms. The quantitative estimate of drug-likeness (QED) is 0.648. The van der Waals surface area contributed by atoms with E-state index in [2.05, 4.69) is 48.9 Å². The minimum absolute atomic E-state index is 0.931. The van der Waals surface area contributed by atoms with Gasteiger partial charge in [-0.05, 0) is 30.3 Å². The number of hydrogen-bond acceptors (Lipinski definition) is 6. The van der Waals surface area contributed by atoms with Crippen LogP contribution in [0.15, 0.2) is 47.1 Å². The molecule has 2 aromatic rings. The van der Waals surface area contributed by atoms with Crippen molar-refractivity contribution in [2.75, 3.05) is 33.3 Å². The Labute approximate surface area is 177 Å². The summed E-state index contributed by atoms with van der Waals surface area (Å²) in [6, 6.07) is 12.3. The van der Waals surface area contributed by atoms with Crippen LogP contribution >= 0.6 is 15.9 Å². The van der Waals surface area contributed by atoms with Crippen LogP contribution in [-0.4, -0.2) is 70.2 Å². The normalized spacial score (nSPS) is 14.6. The molecule has 1 saturated heterocycles. The summed E-state index contributed by atoms with van der Waals surface area (Å²) in [5.41, 5.74) is 2.38. The number of rotatable bonds is 5. The molecule has 0 atom stereocenters. The second-order valence-electron chi connectivity index (χ2n) is 6.44. The fraction of sp³-hybridized carbons (Fsp3) is 0.350. The zero-order valence-corrected chi connectivity index (χ0v) is 17.7. The fourth-order valence-corrected chi connectivity index (χ4v) is 3.35. The van der Waals surface area contributed by atoms with Crippen molar-refractivity contribution >= 4 is 27.9 Å². The Morgan fingerprint density at radius 3 is 2.17 bits per heavy atom. The third-order valence-corrected chi connectivity index (χ3v) is 4.89. The maximum Gasteiger partial charge on any atom is 0.414 e. The maximum atomic E-state index is 9.10. The summed E-state index contributed by atoms with van der Waals surface area (Å²) in [7, 11) is 1.73. The van der Waals surface area contributed by atoms with Crippen LogP contribution < -0.4 is 4.74 Å². The number of piperazine rings is 1. The van der Waals surface area contributed by atoms with E-state index in [0.29, 0.717) is 0 Å². The van der Waals surface area contributed by atoms with Gasteiger partial charge in [-0.2, -0.15) is 0 Å². The van der Waals surface area contributed by atoms with E-state index in [1.807, 2.05) is 24.4 Å². The van der Waals surface area contributed by atoms with E-state index in [1.165, 1.54) is 5.56 Å². The molecule has 1 aromatic heterocycles. The average molecular weight is 466 g/mol. The van der Waals surface area contributed by atoms with Crippen LogP contribution in [0.4, 0.5) is 0 Å². The van der Waals surface area contributed by atoms with Crippen LogP contribution in [0.25, 0.3) is 0 Å². The number of pyridine rings is 1. The Kier molecular flexibility index (Phi) is 9.04. The van der Waals surface area contributed by atoms with Crippen LogP contribution in [0.1, 0.15) is 11.3 Å². The number of benzene rings is 1. The lowest BCUT2D eigenvalue weighted by molar-refractivity contribution is -0.159. The van der Waals surface area contributed by atoms with Crippen LogP contribution in [0.2, 0.25) is 0 Å². The lowest BCUT2D eigenvalue weighted by Gasteiger charge is -2.34. The van der Waals surface area contributed by atoms with Gasteiger partial charge < -0.3 is 14.9 Å². The lowest BCUT2D eigenvalue weighted by atomic mass is 10.1. The van der Waals surface area contributed by atoms with Gasteiger partial charge in [0.15, 0.2) is 0 Å². The molecule has 8 nitrogen and oxygen atoms in total. The first-order valence-corrected chi connectivity index (χ1v) is 9.81. The number of halogens is 1. The molecule has 0 bridgehead atoms. The largest absolute Gasteiger partial charge is 0.496 e. The number of ether oxygens (including phenoxy) is 1. The van der Waals surface area contributed by atoms with Crippen LogP contribution in [0.3, 0.4) is 0 Å². The highest BCUT2D eigenvalue weighted by Crippen LogP contribution is 2.24. The number of carboxylic acids is 2. The Balaban J connectivity index is 0.000000438. The van der Waals surface area contributed by atoms with E-state index in [-0.39, 0.29) is 0 Å². The molecule has 1 aliphatic rings. The number of nitrogens with zero attached hydrogens (tertiary/aromatic N) is 3. The molecule has 156 valence electrons. The summed E-state index contributed by atoms with van der Waals surface area (Å²) in [6.45, 7) is 6.17. The van der Waals surface area contributed by atoms with E-state index in [4.69, 9.17) is 24.5 Å². The number of hydrogen-bond donors (Lipinski definition) is 2. The topological polar surface area (TPSA) is 103 Å². The molecular weight excluding hydrogens is 442 g/mol. The van der Waals surface area contributed by atoms with Gasteiger partial charge in [0.1, 0.15) is 5.75 Å². The molecule has 9 heteroatoms. The Morgan fingerprint density at radius 1 is 1.03 bits per heavy atom. The summed E-state index contributed by atoms with van der Waals surface area (Å²) < 4.78 is 6.57. The minimum Gasteiger partial charge on any atom is -0.496 e. The van der Waals surface area contributed by atoms with E-state index in [1.54, 1.807) is 7.11 Å². The second-order valence-corrected chi connectivity index (χ2v) is 7.36. The van der Waals surface area contributed by atoms with Gasteiger partial charge in [0, 0.05) is 55.5 Å². The van der Waals surface area contributed by atoms with Gasteiger partial charge in [-0.15, -0.1) is 0 Å². The summed E-state index contributed by atoms with van der Waals surface area (Å²) in [5.74, 6) is -2.69. The fourth-order valence-electron chi connectivity index (χ4n) is 2.94. The van der Waals surface area contributed by atoms with Crippen molar-refractivity contribution in [3.8, 4) is 5.75 Å². The predicted octanol–water partition coefficient (Wildman–Crippen LogP) is 2.33. The molecule has 0 amide bonds. The Hall–Kier alpha value is -2.49.